The highest BCUT2D eigenvalue weighted by atomic mass is 79.9. The van der Waals surface area contributed by atoms with Crippen LogP contribution in [0.3, 0.4) is 0 Å². The van der Waals surface area contributed by atoms with Gasteiger partial charge in [-0.1, -0.05) is 28.1 Å². The van der Waals surface area contributed by atoms with Crippen molar-refractivity contribution in [1.29, 1.82) is 0 Å². The molecule has 1 heterocycles. The number of benzene rings is 1. The van der Waals surface area contributed by atoms with Crippen LogP contribution in [0.15, 0.2) is 24.3 Å². The maximum Gasteiger partial charge on any atom is 0.0886 e. The molecule has 1 saturated heterocycles. The highest BCUT2D eigenvalue weighted by molar-refractivity contribution is 9.09. The average molecular weight is 270 g/mol. The summed E-state index contributed by atoms with van der Waals surface area (Å²) in [6, 6.07) is 8.23. The van der Waals surface area contributed by atoms with E-state index in [1.807, 2.05) is 12.1 Å². The highest BCUT2D eigenvalue weighted by Gasteiger charge is 2.12. The molecule has 0 aliphatic carbocycles. The van der Waals surface area contributed by atoms with Gasteiger partial charge in [-0.05, 0) is 30.5 Å². The number of hydrogen-bond acceptors (Lipinski definition) is 2. The average Bonchev–Trinajstić information content (AvgIpc) is 2.82. The molecule has 1 aromatic carbocycles. The van der Waals surface area contributed by atoms with Gasteiger partial charge in [0.25, 0.3) is 0 Å². The van der Waals surface area contributed by atoms with Crippen LogP contribution in [0.5, 0.6) is 0 Å². The first-order chi connectivity index (χ1) is 7.31. The zero-order valence-electron chi connectivity index (χ0n) is 8.69. The van der Waals surface area contributed by atoms with Crippen molar-refractivity contribution in [1.82, 2.24) is 0 Å². The van der Waals surface area contributed by atoms with Crippen molar-refractivity contribution in [3.8, 4) is 0 Å². The standard InChI is InChI=1S/C12H16BrNO/c13-9-12(15)10-3-5-11(6-4-10)14-7-1-2-8-14/h3-6,12,15H,1-2,7-9H2. The van der Waals surface area contributed by atoms with Crippen LogP contribution in [0, 0.1) is 0 Å². The first-order valence-corrected chi connectivity index (χ1v) is 6.52. The summed E-state index contributed by atoms with van der Waals surface area (Å²) in [6.07, 6.45) is 2.20. The molecule has 3 heteroatoms. The van der Waals surface area contributed by atoms with Gasteiger partial charge in [-0.3, -0.25) is 0 Å². The van der Waals surface area contributed by atoms with E-state index in [2.05, 4.69) is 33.0 Å². The van der Waals surface area contributed by atoms with Gasteiger partial charge in [0.05, 0.1) is 6.10 Å². The predicted molar refractivity (Wildman–Crippen MR) is 66.6 cm³/mol. The molecular weight excluding hydrogens is 254 g/mol. The summed E-state index contributed by atoms with van der Waals surface area (Å²) in [5, 5.41) is 10.2. The lowest BCUT2D eigenvalue weighted by Crippen LogP contribution is -2.17. The van der Waals surface area contributed by atoms with Crippen LogP contribution >= 0.6 is 15.9 Å². The SMILES string of the molecule is OC(CBr)c1ccc(N2CCCC2)cc1. The van der Waals surface area contributed by atoms with Gasteiger partial charge in [-0.25, -0.2) is 0 Å². The van der Waals surface area contributed by atoms with Gasteiger partial charge >= 0.3 is 0 Å². The molecular formula is C12H16BrNO. The van der Waals surface area contributed by atoms with E-state index in [0.29, 0.717) is 5.33 Å². The lowest BCUT2D eigenvalue weighted by Gasteiger charge is -2.18. The lowest BCUT2D eigenvalue weighted by atomic mass is 10.1. The summed E-state index contributed by atoms with van der Waals surface area (Å²) in [4.78, 5) is 2.39. The zero-order valence-corrected chi connectivity index (χ0v) is 10.3. The number of nitrogens with zero attached hydrogens (tertiary/aromatic N) is 1. The summed E-state index contributed by atoms with van der Waals surface area (Å²) >= 11 is 3.28. The normalized spacial score (nSPS) is 18.1. The Bertz CT molecular complexity index is 306. The van der Waals surface area contributed by atoms with E-state index in [-0.39, 0.29) is 0 Å². The number of aliphatic hydroxyl groups is 1. The molecule has 0 saturated carbocycles. The van der Waals surface area contributed by atoms with E-state index in [1.54, 1.807) is 0 Å². The Morgan fingerprint density at radius 3 is 2.33 bits per heavy atom. The maximum absolute atomic E-state index is 9.63. The van der Waals surface area contributed by atoms with Gasteiger partial charge in [0.15, 0.2) is 0 Å². The Hall–Kier alpha value is -0.540. The summed E-state index contributed by atoms with van der Waals surface area (Å²) in [5.74, 6) is 0. The molecule has 2 nitrogen and oxygen atoms in total. The topological polar surface area (TPSA) is 23.5 Å². The molecule has 1 aromatic rings. The van der Waals surface area contributed by atoms with Crippen molar-refractivity contribution < 1.29 is 5.11 Å². The van der Waals surface area contributed by atoms with E-state index in [9.17, 15) is 5.11 Å². The van der Waals surface area contributed by atoms with Crippen LogP contribution < -0.4 is 4.90 Å². The second-order valence-corrected chi connectivity index (χ2v) is 4.60. The van der Waals surface area contributed by atoms with E-state index in [4.69, 9.17) is 0 Å². The minimum Gasteiger partial charge on any atom is -0.388 e. The van der Waals surface area contributed by atoms with E-state index >= 15 is 0 Å². The fourth-order valence-corrected chi connectivity index (χ4v) is 2.35. The Labute approximate surface area is 99.0 Å². The van der Waals surface area contributed by atoms with Crippen molar-refractivity contribution in [3.05, 3.63) is 29.8 Å². The summed E-state index contributed by atoms with van der Waals surface area (Å²) < 4.78 is 0. The third-order valence-electron chi connectivity index (χ3n) is 2.90. The fraction of sp³-hybridized carbons (Fsp3) is 0.500. The molecule has 0 radical (unpaired) electrons. The van der Waals surface area contributed by atoms with Crippen LogP contribution in [0.4, 0.5) is 5.69 Å². The molecule has 1 N–H and O–H groups in total. The van der Waals surface area contributed by atoms with Crippen LogP contribution in [0.25, 0.3) is 0 Å². The Kier molecular flexibility index (Phi) is 3.65. The van der Waals surface area contributed by atoms with Gasteiger partial charge in [0, 0.05) is 24.1 Å². The van der Waals surface area contributed by atoms with Crippen LogP contribution in [-0.2, 0) is 0 Å². The Morgan fingerprint density at radius 1 is 1.20 bits per heavy atom. The second-order valence-electron chi connectivity index (χ2n) is 3.96. The van der Waals surface area contributed by atoms with Crippen LogP contribution in [-0.4, -0.2) is 23.5 Å². The summed E-state index contributed by atoms with van der Waals surface area (Å²) in [6.45, 7) is 2.33. The van der Waals surface area contributed by atoms with E-state index in [0.717, 1.165) is 5.56 Å². The molecule has 1 aliphatic rings. The third kappa shape index (κ3) is 2.52. The van der Waals surface area contributed by atoms with Gasteiger partial charge in [0.2, 0.25) is 0 Å². The third-order valence-corrected chi connectivity index (χ3v) is 3.51. The fourth-order valence-electron chi connectivity index (χ4n) is 1.97. The largest absolute Gasteiger partial charge is 0.388 e. The van der Waals surface area contributed by atoms with Crippen molar-refractivity contribution >= 4 is 21.6 Å². The highest BCUT2D eigenvalue weighted by Crippen LogP contribution is 2.23. The first-order valence-electron chi connectivity index (χ1n) is 5.40. The van der Waals surface area contributed by atoms with Crippen LogP contribution in [0.1, 0.15) is 24.5 Å². The molecule has 82 valence electrons. The lowest BCUT2D eigenvalue weighted by molar-refractivity contribution is 0.205. The van der Waals surface area contributed by atoms with Gasteiger partial charge in [-0.15, -0.1) is 0 Å². The quantitative estimate of drug-likeness (QED) is 0.854. The van der Waals surface area contributed by atoms with Crippen molar-refractivity contribution in [2.45, 2.75) is 18.9 Å². The zero-order chi connectivity index (χ0) is 10.7. The van der Waals surface area contributed by atoms with Gasteiger partial charge < -0.3 is 10.0 Å². The predicted octanol–water partition coefficient (Wildman–Crippen LogP) is 2.72. The number of alkyl halides is 1. The summed E-state index contributed by atoms with van der Waals surface area (Å²) in [7, 11) is 0. The molecule has 0 amide bonds. The molecule has 0 bridgehead atoms. The minimum absolute atomic E-state index is 0.391. The molecule has 1 fully saturated rings. The monoisotopic (exact) mass is 269 g/mol. The van der Waals surface area contributed by atoms with Crippen molar-refractivity contribution in [2.75, 3.05) is 23.3 Å². The minimum atomic E-state index is -0.391. The van der Waals surface area contributed by atoms with Gasteiger partial charge in [-0.2, -0.15) is 0 Å². The number of anilines is 1. The summed E-state index contributed by atoms with van der Waals surface area (Å²) in [5.41, 5.74) is 2.26. The van der Waals surface area contributed by atoms with E-state index in [1.165, 1.54) is 31.6 Å². The van der Waals surface area contributed by atoms with Crippen molar-refractivity contribution in [3.63, 3.8) is 0 Å². The number of hydrogen-bond donors (Lipinski definition) is 1. The molecule has 0 aromatic heterocycles. The molecule has 1 unspecified atom stereocenters. The first kappa shape index (κ1) is 11.0. The molecule has 1 atom stereocenters. The smallest absolute Gasteiger partial charge is 0.0886 e. The maximum atomic E-state index is 9.63. The number of rotatable bonds is 3. The van der Waals surface area contributed by atoms with Gasteiger partial charge in [0.1, 0.15) is 0 Å². The second kappa shape index (κ2) is 4.99. The number of aliphatic hydroxyl groups excluding tert-OH is 1. The van der Waals surface area contributed by atoms with E-state index < -0.39 is 6.10 Å². The Morgan fingerprint density at radius 2 is 1.80 bits per heavy atom. The molecule has 2 rings (SSSR count). The van der Waals surface area contributed by atoms with Crippen LogP contribution in [0.2, 0.25) is 0 Å². The molecule has 1 aliphatic heterocycles. The molecule has 0 spiro atoms. The van der Waals surface area contributed by atoms with Crippen molar-refractivity contribution in [2.24, 2.45) is 0 Å². The Balaban J connectivity index is 2.09. The molecule has 15 heavy (non-hydrogen) atoms. The number of halogens is 1.